The lowest BCUT2D eigenvalue weighted by Gasteiger charge is -1.96. The van der Waals surface area contributed by atoms with Crippen LogP contribution in [0.3, 0.4) is 0 Å². The molecule has 1 N–H and O–H groups in total. The van der Waals surface area contributed by atoms with Crippen molar-refractivity contribution in [2.75, 3.05) is 0 Å². The molecule has 0 amide bonds. The van der Waals surface area contributed by atoms with Crippen LogP contribution in [0.2, 0.25) is 0 Å². The van der Waals surface area contributed by atoms with Gasteiger partial charge in [0.15, 0.2) is 5.82 Å². The molecule has 0 fully saturated rings. The highest BCUT2D eigenvalue weighted by Crippen LogP contribution is 2.04. The molecule has 0 atom stereocenters. The summed E-state index contributed by atoms with van der Waals surface area (Å²) in [4.78, 5) is 14.6. The zero-order valence-electron chi connectivity index (χ0n) is 7.16. The third-order valence-electron chi connectivity index (χ3n) is 1.71. The van der Waals surface area contributed by atoms with Crippen LogP contribution >= 0.6 is 0 Å². The molecule has 0 saturated heterocycles. The summed E-state index contributed by atoms with van der Waals surface area (Å²) >= 11 is 0. The second-order valence-electron chi connectivity index (χ2n) is 2.67. The van der Waals surface area contributed by atoms with Gasteiger partial charge in [0.25, 0.3) is 0 Å². The zero-order chi connectivity index (χ0) is 9.97. The van der Waals surface area contributed by atoms with Gasteiger partial charge in [0.2, 0.25) is 0 Å². The van der Waals surface area contributed by atoms with Crippen molar-refractivity contribution in [3.05, 3.63) is 42.4 Å². The second kappa shape index (κ2) is 3.29. The van der Waals surface area contributed by atoms with Gasteiger partial charge >= 0.3 is 5.97 Å². The number of hydrogen-bond donors (Lipinski definition) is 1. The minimum atomic E-state index is -0.993. The smallest absolute Gasteiger partial charge is 0.338 e. The molecule has 70 valence electrons. The number of pyridine rings is 1. The van der Waals surface area contributed by atoms with Crippen LogP contribution in [0, 0.1) is 0 Å². The molecule has 0 unspecified atom stereocenters. The Morgan fingerprint density at radius 2 is 2.29 bits per heavy atom. The van der Waals surface area contributed by atoms with E-state index in [2.05, 4.69) is 10.1 Å². The normalized spacial score (nSPS) is 10.0. The Hall–Kier alpha value is -2.17. The average molecular weight is 189 g/mol. The van der Waals surface area contributed by atoms with Crippen LogP contribution in [0.25, 0.3) is 5.82 Å². The third kappa shape index (κ3) is 1.47. The summed E-state index contributed by atoms with van der Waals surface area (Å²) in [7, 11) is 0. The zero-order valence-corrected chi connectivity index (χ0v) is 7.16. The van der Waals surface area contributed by atoms with Crippen LogP contribution in [0.1, 0.15) is 10.4 Å². The molecule has 0 aliphatic heterocycles. The van der Waals surface area contributed by atoms with E-state index in [-0.39, 0.29) is 5.56 Å². The average Bonchev–Trinajstić information content (AvgIpc) is 2.68. The van der Waals surface area contributed by atoms with Crippen LogP contribution in [0.4, 0.5) is 0 Å². The van der Waals surface area contributed by atoms with Gasteiger partial charge < -0.3 is 5.11 Å². The monoisotopic (exact) mass is 189 g/mol. The number of carboxylic acids is 1. The molecular weight excluding hydrogens is 182 g/mol. The number of aromatic carboxylic acids is 1. The summed E-state index contributed by atoms with van der Waals surface area (Å²) in [6, 6.07) is 5.34. The topological polar surface area (TPSA) is 68.0 Å². The molecule has 0 aliphatic rings. The fourth-order valence-corrected chi connectivity index (χ4v) is 1.05. The summed E-state index contributed by atoms with van der Waals surface area (Å²) in [6.45, 7) is 0. The molecule has 5 nitrogen and oxygen atoms in total. The van der Waals surface area contributed by atoms with E-state index in [1.807, 2.05) is 6.07 Å². The summed E-state index contributed by atoms with van der Waals surface area (Å²) in [5, 5.41) is 12.6. The van der Waals surface area contributed by atoms with Gasteiger partial charge in [0, 0.05) is 12.4 Å². The van der Waals surface area contributed by atoms with Crippen molar-refractivity contribution in [1.82, 2.24) is 14.8 Å². The molecule has 0 aromatic carbocycles. The van der Waals surface area contributed by atoms with Crippen molar-refractivity contribution in [3.8, 4) is 5.82 Å². The minimum Gasteiger partial charge on any atom is -0.478 e. The Kier molecular flexibility index (Phi) is 1.98. The lowest BCUT2D eigenvalue weighted by Crippen LogP contribution is -1.97. The van der Waals surface area contributed by atoms with E-state index >= 15 is 0 Å². The first-order chi connectivity index (χ1) is 6.77. The van der Waals surface area contributed by atoms with Gasteiger partial charge in [-0.05, 0) is 12.1 Å². The molecule has 0 radical (unpaired) electrons. The van der Waals surface area contributed by atoms with E-state index in [1.165, 1.54) is 17.1 Å². The maximum atomic E-state index is 10.6. The predicted octanol–water partition coefficient (Wildman–Crippen LogP) is 0.965. The maximum absolute atomic E-state index is 10.6. The van der Waals surface area contributed by atoms with Crippen LogP contribution in [-0.4, -0.2) is 25.8 Å². The van der Waals surface area contributed by atoms with E-state index in [9.17, 15) is 4.79 Å². The number of rotatable bonds is 2. The fourth-order valence-electron chi connectivity index (χ4n) is 1.05. The largest absolute Gasteiger partial charge is 0.478 e. The summed E-state index contributed by atoms with van der Waals surface area (Å²) in [6.07, 6.45) is 4.33. The Labute approximate surface area is 79.6 Å². The lowest BCUT2D eigenvalue weighted by atomic mass is 10.4. The summed E-state index contributed by atoms with van der Waals surface area (Å²) in [5.41, 5.74) is 0.149. The first-order valence-electron chi connectivity index (χ1n) is 3.97. The molecule has 2 aromatic rings. The van der Waals surface area contributed by atoms with Gasteiger partial charge in [-0.1, -0.05) is 6.07 Å². The van der Waals surface area contributed by atoms with Crippen molar-refractivity contribution >= 4 is 5.97 Å². The third-order valence-corrected chi connectivity index (χ3v) is 1.71. The molecule has 0 aliphatic carbocycles. The Morgan fingerprint density at radius 3 is 2.86 bits per heavy atom. The van der Waals surface area contributed by atoms with Crippen molar-refractivity contribution in [1.29, 1.82) is 0 Å². The molecule has 5 heteroatoms. The number of nitrogens with zero attached hydrogens (tertiary/aromatic N) is 3. The van der Waals surface area contributed by atoms with Crippen molar-refractivity contribution in [3.63, 3.8) is 0 Å². The van der Waals surface area contributed by atoms with E-state index < -0.39 is 5.97 Å². The SMILES string of the molecule is O=C(O)c1cnn(-c2ccccn2)c1. The second-order valence-corrected chi connectivity index (χ2v) is 2.67. The highest BCUT2D eigenvalue weighted by atomic mass is 16.4. The number of carboxylic acid groups (broad SMARTS) is 1. The van der Waals surface area contributed by atoms with E-state index in [4.69, 9.17) is 5.11 Å². The highest BCUT2D eigenvalue weighted by Gasteiger charge is 2.06. The van der Waals surface area contributed by atoms with Crippen molar-refractivity contribution in [2.24, 2.45) is 0 Å². The predicted molar refractivity (Wildman–Crippen MR) is 48.3 cm³/mol. The number of carbonyl (C=O) groups is 1. The molecule has 2 heterocycles. The first-order valence-corrected chi connectivity index (χ1v) is 3.97. The fraction of sp³-hybridized carbons (Fsp3) is 0. The van der Waals surface area contributed by atoms with Gasteiger partial charge in [0.1, 0.15) is 0 Å². The first kappa shape index (κ1) is 8.43. The minimum absolute atomic E-state index is 0.149. The van der Waals surface area contributed by atoms with E-state index in [0.29, 0.717) is 5.82 Å². The van der Waals surface area contributed by atoms with Gasteiger partial charge in [-0.2, -0.15) is 5.10 Å². The molecule has 14 heavy (non-hydrogen) atoms. The lowest BCUT2D eigenvalue weighted by molar-refractivity contribution is 0.0697. The van der Waals surface area contributed by atoms with Crippen molar-refractivity contribution in [2.45, 2.75) is 0 Å². The molecule has 2 rings (SSSR count). The molecule has 0 spiro atoms. The quantitative estimate of drug-likeness (QED) is 0.764. The van der Waals surface area contributed by atoms with E-state index in [1.54, 1.807) is 18.3 Å². The summed E-state index contributed by atoms with van der Waals surface area (Å²) in [5.74, 6) is -0.396. The van der Waals surface area contributed by atoms with Crippen LogP contribution in [0.5, 0.6) is 0 Å². The van der Waals surface area contributed by atoms with Gasteiger partial charge in [-0.3, -0.25) is 0 Å². The van der Waals surface area contributed by atoms with Crippen LogP contribution in [-0.2, 0) is 0 Å². The Morgan fingerprint density at radius 1 is 1.43 bits per heavy atom. The van der Waals surface area contributed by atoms with Crippen LogP contribution in [0.15, 0.2) is 36.8 Å². The van der Waals surface area contributed by atoms with E-state index in [0.717, 1.165) is 0 Å². The number of hydrogen-bond acceptors (Lipinski definition) is 3. The molecule has 2 aromatic heterocycles. The van der Waals surface area contributed by atoms with Crippen molar-refractivity contribution < 1.29 is 9.90 Å². The molecule has 0 saturated carbocycles. The standard InChI is InChI=1S/C9H7N3O2/c13-9(14)7-5-11-12(6-7)8-3-1-2-4-10-8/h1-6H,(H,13,14). The Bertz CT molecular complexity index is 450. The van der Waals surface area contributed by atoms with Gasteiger partial charge in [-0.25, -0.2) is 14.5 Å². The number of aromatic nitrogens is 3. The van der Waals surface area contributed by atoms with Gasteiger partial charge in [0.05, 0.1) is 11.8 Å². The van der Waals surface area contributed by atoms with Crippen LogP contribution < -0.4 is 0 Å². The molecular formula is C9H7N3O2. The maximum Gasteiger partial charge on any atom is 0.338 e. The highest BCUT2D eigenvalue weighted by molar-refractivity contribution is 5.86. The molecule has 0 bridgehead atoms. The summed E-state index contributed by atoms with van der Waals surface area (Å²) < 4.78 is 1.42. The Balaban J connectivity index is 2.39. The van der Waals surface area contributed by atoms with Gasteiger partial charge in [-0.15, -0.1) is 0 Å².